The Morgan fingerprint density at radius 1 is 1.23 bits per heavy atom. The molecule has 0 aliphatic rings. The van der Waals surface area contributed by atoms with Crippen LogP contribution in [0.2, 0.25) is 5.02 Å². The number of benzene rings is 1. The van der Waals surface area contributed by atoms with E-state index >= 15 is 0 Å². The van der Waals surface area contributed by atoms with Crippen molar-refractivity contribution in [1.29, 1.82) is 0 Å². The first-order chi connectivity index (χ1) is 12.5. The number of amides is 1. The number of halogens is 1. The number of carbonyl (C=O) groups is 1. The Bertz CT molecular complexity index is 953. The van der Waals surface area contributed by atoms with Gasteiger partial charge in [-0.15, -0.1) is 0 Å². The van der Waals surface area contributed by atoms with Gasteiger partial charge in [-0.25, -0.2) is 4.98 Å². The molecule has 7 heteroatoms. The lowest BCUT2D eigenvalue weighted by Crippen LogP contribution is -2.14. The van der Waals surface area contributed by atoms with Gasteiger partial charge in [0.15, 0.2) is 0 Å². The van der Waals surface area contributed by atoms with Crippen molar-refractivity contribution in [1.82, 2.24) is 9.38 Å². The van der Waals surface area contributed by atoms with Gasteiger partial charge in [-0.1, -0.05) is 17.7 Å². The Balaban J connectivity index is 1.74. The summed E-state index contributed by atoms with van der Waals surface area (Å²) in [5.41, 5.74) is 3.35. The Morgan fingerprint density at radius 2 is 2.00 bits per heavy atom. The number of aryl methyl sites for hydroxylation is 2. The number of pyridine rings is 1. The Morgan fingerprint density at radius 3 is 2.73 bits per heavy atom. The molecule has 0 aliphatic carbocycles. The number of methoxy groups -OCH3 is 2. The molecule has 0 spiro atoms. The van der Waals surface area contributed by atoms with Crippen molar-refractivity contribution >= 4 is 28.8 Å². The Hall–Kier alpha value is -2.73. The predicted octanol–water partition coefficient (Wildman–Crippen LogP) is 3.88. The summed E-state index contributed by atoms with van der Waals surface area (Å²) in [5, 5.41) is 3.28. The molecular formula is C19H20ClN3O3. The van der Waals surface area contributed by atoms with Crippen LogP contribution in [0.5, 0.6) is 11.5 Å². The van der Waals surface area contributed by atoms with Crippen LogP contribution in [0.1, 0.15) is 17.8 Å². The molecule has 136 valence electrons. The molecule has 0 saturated carbocycles. The lowest BCUT2D eigenvalue weighted by molar-refractivity contribution is -0.116. The van der Waals surface area contributed by atoms with Crippen LogP contribution in [0, 0.1) is 6.92 Å². The van der Waals surface area contributed by atoms with E-state index in [4.69, 9.17) is 21.1 Å². The summed E-state index contributed by atoms with van der Waals surface area (Å²) in [5.74, 6) is 0.827. The van der Waals surface area contributed by atoms with Gasteiger partial charge in [-0.2, -0.15) is 0 Å². The summed E-state index contributed by atoms with van der Waals surface area (Å²) in [6.45, 7) is 1.95. The second kappa shape index (κ2) is 7.66. The Labute approximate surface area is 156 Å². The number of nitrogens with zero attached hydrogens (tertiary/aromatic N) is 2. The number of imidazole rings is 1. The maximum Gasteiger partial charge on any atom is 0.224 e. The lowest BCUT2D eigenvalue weighted by Gasteiger charge is -2.13. The van der Waals surface area contributed by atoms with Gasteiger partial charge in [0.1, 0.15) is 17.1 Å². The van der Waals surface area contributed by atoms with Crippen molar-refractivity contribution in [2.45, 2.75) is 19.8 Å². The first-order valence-electron chi connectivity index (χ1n) is 8.17. The summed E-state index contributed by atoms with van der Waals surface area (Å²) in [4.78, 5) is 17.0. The highest BCUT2D eigenvalue weighted by atomic mass is 35.5. The standard InChI is InChI=1S/C19H20ClN3O3/c1-12-15(23-9-5-4-6-18(23)21-12)7-8-19(24)22-14-11-16(25-2)13(20)10-17(14)26-3/h4-6,9-11H,7-8H2,1-3H3,(H,22,24). The van der Waals surface area contributed by atoms with E-state index in [0.29, 0.717) is 35.1 Å². The maximum atomic E-state index is 12.4. The number of carbonyl (C=O) groups excluding carboxylic acids is 1. The number of anilines is 1. The number of fused-ring (bicyclic) bond motifs is 1. The fraction of sp³-hybridized carbons (Fsp3) is 0.263. The molecule has 26 heavy (non-hydrogen) atoms. The van der Waals surface area contributed by atoms with E-state index < -0.39 is 0 Å². The highest BCUT2D eigenvalue weighted by molar-refractivity contribution is 6.32. The van der Waals surface area contributed by atoms with Crippen LogP contribution in [0.4, 0.5) is 5.69 Å². The van der Waals surface area contributed by atoms with Crippen molar-refractivity contribution in [2.75, 3.05) is 19.5 Å². The molecule has 0 saturated heterocycles. The maximum absolute atomic E-state index is 12.4. The summed E-state index contributed by atoms with van der Waals surface area (Å²) in [7, 11) is 3.04. The monoisotopic (exact) mass is 373 g/mol. The quantitative estimate of drug-likeness (QED) is 0.712. The minimum Gasteiger partial charge on any atom is -0.495 e. The van der Waals surface area contributed by atoms with Gasteiger partial charge in [0, 0.05) is 30.4 Å². The molecule has 1 amide bonds. The minimum atomic E-state index is -0.127. The normalized spacial score (nSPS) is 10.8. The van der Waals surface area contributed by atoms with Crippen molar-refractivity contribution in [2.24, 2.45) is 0 Å². The van der Waals surface area contributed by atoms with Crippen LogP contribution in [-0.2, 0) is 11.2 Å². The van der Waals surface area contributed by atoms with Crippen LogP contribution < -0.4 is 14.8 Å². The number of nitrogens with one attached hydrogen (secondary N) is 1. The van der Waals surface area contributed by atoms with E-state index in [1.54, 1.807) is 12.1 Å². The number of aromatic nitrogens is 2. The topological polar surface area (TPSA) is 64.9 Å². The highest BCUT2D eigenvalue weighted by Crippen LogP contribution is 2.35. The van der Waals surface area contributed by atoms with Crippen molar-refractivity contribution in [3.05, 3.63) is 52.9 Å². The molecule has 6 nitrogen and oxygen atoms in total. The van der Waals surface area contributed by atoms with E-state index in [-0.39, 0.29) is 5.91 Å². The molecule has 3 aromatic rings. The molecule has 2 aromatic heterocycles. The van der Waals surface area contributed by atoms with Gasteiger partial charge in [0.05, 0.1) is 30.6 Å². The first kappa shape index (κ1) is 18.1. The van der Waals surface area contributed by atoms with Crippen molar-refractivity contribution in [3.63, 3.8) is 0 Å². The van der Waals surface area contributed by atoms with E-state index in [9.17, 15) is 4.79 Å². The molecule has 1 N–H and O–H groups in total. The van der Waals surface area contributed by atoms with Gasteiger partial charge in [0.25, 0.3) is 0 Å². The highest BCUT2D eigenvalue weighted by Gasteiger charge is 2.14. The fourth-order valence-electron chi connectivity index (χ4n) is 2.87. The molecule has 2 heterocycles. The van der Waals surface area contributed by atoms with Gasteiger partial charge in [-0.05, 0) is 25.5 Å². The summed E-state index contributed by atoms with van der Waals surface area (Å²) in [6, 6.07) is 9.10. The fourth-order valence-corrected chi connectivity index (χ4v) is 3.10. The van der Waals surface area contributed by atoms with Crippen LogP contribution in [0.25, 0.3) is 5.65 Å². The molecule has 0 bridgehead atoms. The molecular weight excluding hydrogens is 354 g/mol. The minimum absolute atomic E-state index is 0.127. The van der Waals surface area contributed by atoms with Gasteiger partial charge in [0.2, 0.25) is 5.91 Å². The zero-order chi connectivity index (χ0) is 18.7. The van der Waals surface area contributed by atoms with Crippen molar-refractivity contribution < 1.29 is 14.3 Å². The summed E-state index contributed by atoms with van der Waals surface area (Å²) >= 11 is 6.09. The number of rotatable bonds is 6. The predicted molar refractivity (Wildman–Crippen MR) is 101 cm³/mol. The number of ether oxygens (including phenoxy) is 2. The second-order valence-electron chi connectivity index (χ2n) is 5.81. The van der Waals surface area contributed by atoms with Crippen LogP contribution in [-0.4, -0.2) is 29.5 Å². The lowest BCUT2D eigenvalue weighted by atomic mass is 10.2. The molecule has 1 aromatic carbocycles. The van der Waals surface area contributed by atoms with Crippen LogP contribution >= 0.6 is 11.6 Å². The molecule has 0 fully saturated rings. The van der Waals surface area contributed by atoms with Crippen molar-refractivity contribution in [3.8, 4) is 11.5 Å². The van der Waals surface area contributed by atoms with Gasteiger partial charge < -0.3 is 19.2 Å². The third kappa shape index (κ3) is 3.60. The largest absolute Gasteiger partial charge is 0.495 e. The SMILES string of the molecule is COc1cc(NC(=O)CCc2c(C)nc3ccccn23)c(OC)cc1Cl. The molecule has 0 aliphatic heterocycles. The number of hydrogen-bond acceptors (Lipinski definition) is 4. The molecule has 3 rings (SSSR count). The first-order valence-corrected chi connectivity index (χ1v) is 8.55. The third-order valence-corrected chi connectivity index (χ3v) is 4.46. The van der Waals surface area contributed by atoms with E-state index in [2.05, 4.69) is 10.3 Å². The molecule has 0 unspecified atom stereocenters. The number of hydrogen-bond donors (Lipinski definition) is 1. The zero-order valence-corrected chi connectivity index (χ0v) is 15.6. The smallest absolute Gasteiger partial charge is 0.224 e. The second-order valence-corrected chi connectivity index (χ2v) is 6.22. The van der Waals surface area contributed by atoms with E-state index in [1.807, 2.05) is 35.7 Å². The third-order valence-electron chi connectivity index (χ3n) is 4.17. The van der Waals surface area contributed by atoms with Crippen LogP contribution in [0.15, 0.2) is 36.5 Å². The van der Waals surface area contributed by atoms with Crippen LogP contribution in [0.3, 0.4) is 0 Å². The average Bonchev–Trinajstić information content (AvgIpc) is 2.96. The van der Waals surface area contributed by atoms with Gasteiger partial charge >= 0.3 is 0 Å². The molecule has 0 radical (unpaired) electrons. The average molecular weight is 374 g/mol. The zero-order valence-electron chi connectivity index (χ0n) is 14.9. The van der Waals surface area contributed by atoms with E-state index in [1.165, 1.54) is 14.2 Å². The Kier molecular flexibility index (Phi) is 5.32. The van der Waals surface area contributed by atoms with E-state index in [0.717, 1.165) is 17.0 Å². The summed E-state index contributed by atoms with van der Waals surface area (Å²) < 4.78 is 12.5. The summed E-state index contributed by atoms with van der Waals surface area (Å²) in [6.07, 6.45) is 2.85. The molecule has 0 atom stereocenters. The van der Waals surface area contributed by atoms with Gasteiger partial charge in [-0.3, -0.25) is 4.79 Å².